The third-order valence-corrected chi connectivity index (χ3v) is 4.78. The van der Waals surface area contributed by atoms with Crippen LogP contribution in [0, 0.1) is 5.82 Å². The summed E-state index contributed by atoms with van der Waals surface area (Å²) in [5, 5.41) is 1.59. The third-order valence-electron chi connectivity index (χ3n) is 3.30. The molecule has 0 spiro atoms. The molecule has 0 N–H and O–H groups in total. The molecule has 116 valence electrons. The fraction of sp³-hybridized carbons (Fsp3) is 0. The Balaban J connectivity index is 2.03. The third kappa shape index (κ3) is 3.46. The van der Waals surface area contributed by atoms with Crippen LogP contribution in [0.25, 0.3) is 22.4 Å². The van der Waals surface area contributed by atoms with Gasteiger partial charge in [-0.15, -0.1) is 0 Å². The molecule has 1 aromatic heterocycles. The lowest BCUT2D eigenvalue weighted by molar-refractivity contribution is 0.630. The molecule has 6 heteroatoms. The van der Waals surface area contributed by atoms with E-state index in [0.29, 0.717) is 42.5 Å². The van der Waals surface area contributed by atoms with Gasteiger partial charge in [-0.3, -0.25) is 4.98 Å². The molecule has 0 saturated heterocycles. The van der Waals surface area contributed by atoms with Crippen molar-refractivity contribution >= 4 is 46.4 Å². The Morgan fingerprint density at radius 3 is 1.83 bits per heavy atom. The van der Waals surface area contributed by atoms with Crippen LogP contribution in [0.2, 0.25) is 20.1 Å². The van der Waals surface area contributed by atoms with E-state index >= 15 is 0 Å². The molecule has 0 atom stereocenters. The summed E-state index contributed by atoms with van der Waals surface area (Å²) >= 11 is 23.7. The number of hydrogen-bond donors (Lipinski definition) is 0. The number of pyridine rings is 1. The largest absolute Gasteiger partial charge is 0.255 e. The van der Waals surface area contributed by atoms with Gasteiger partial charge in [0.1, 0.15) is 5.82 Å². The zero-order valence-electron chi connectivity index (χ0n) is 11.5. The zero-order valence-corrected chi connectivity index (χ0v) is 14.5. The summed E-state index contributed by atoms with van der Waals surface area (Å²) in [7, 11) is 0. The summed E-state index contributed by atoms with van der Waals surface area (Å²) in [6, 6.07) is 11.3. The molecule has 1 nitrogen and oxygen atoms in total. The van der Waals surface area contributed by atoms with Gasteiger partial charge in [0.05, 0.1) is 25.8 Å². The minimum Gasteiger partial charge on any atom is -0.255 e. The molecule has 0 bridgehead atoms. The number of nitrogens with zero attached hydrogens (tertiary/aromatic N) is 1. The SMILES string of the molecule is Fc1cc(-c2ccc(Cl)c(Cl)c2)ncc1-c1ccc(Cl)c(Cl)c1. The van der Waals surface area contributed by atoms with Gasteiger partial charge in [-0.1, -0.05) is 58.5 Å². The van der Waals surface area contributed by atoms with Crippen LogP contribution in [0.4, 0.5) is 4.39 Å². The van der Waals surface area contributed by atoms with E-state index in [9.17, 15) is 4.39 Å². The molecular formula is C17H8Cl4FN. The van der Waals surface area contributed by atoms with Crippen LogP contribution in [0.3, 0.4) is 0 Å². The zero-order chi connectivity index (χ0) is 16.6. The van der Waals surface area contributed by atoms with Crippen LogP contribution in [0.15, 0.2) is 48.7 Å². The van der Waals surface area contributed by atoms with Gasteiger partial charge in [-0.2, -0.15) is 0 Å². The van der Waals surface area contributed by atoms with Crippen LogP contribution in [-0.2, 0) is 0 Å². The fourth-order valence-electron chi connectivity index (χ4n) is 2.12. The standard InChI is InChI=1S/C17H8Cl4FN/c18-12-3-1-9(5-14(12)20)11-8-23-17(7-16(11)22)10-2-4-13(19)15(21)6-10/h1-8H. The van der Waals surface area contributed by atoms with Crippen molar-refractivity contribution in [2.75, 3.05) is 0 Å². The number of hydrogen-bond acceptors (Lipinski definition) is 1. The molecule has 0 radical (unpaired) electrons. The molecule has 1 heterocycles. The molecule has 3 aromatic rings. The molecule has 2 aromatic carbocycles. The van der Waals surface area contributed by atoms with Gasteiger partial charge in [-0.25, -0.2) is 4.39 Å². The van der Waals surface area contributed by atoms with E-state index in [1.165, 1.54) is 12.3 Å². The Kier molecular flexibility index (Phi) is 4.79. The Hall–Kier alpha value is -1.32. The highest BCUT2D eigenvalue weighted by Crippen LogP contribution is 2.32. The first-order valence-corrected chi connectivity index (χ1v) is 8.03. The van der Waals surface area contributed by atoms with Crippen molar-refractivity contribution in [2.24, 2.45) is 0 Å². The summed E-state index contributed by atoms with van der Waals surface area (Å²) in [6.45, 7) is 0. The van der Waals surface area contributed by atoms with Gasteiger partial charge in [-0.05, 0) is 29.8 Å². The van der Waals surface area contributed by atoms with E-state index in [4.69, 9.17) is 46.4 Å². The van der Waals surface area contributed by atoms with E-state index in [2.05, 4.69) is 4.98 Å². The lowest BCUT2D eigenvalue weighted by Gasteiger charge is -2.08. The van der Waals surface area contributed by atoms with Crippen molar-refractivity contribution in [3.05, 3.63) is 74.6 Å². The minimum atomic E-state index is -0.417. The monoisotopic (exact) mass is 385 g/mol. The topological polar surface area (TPSA) is 12.9 Å². The van der Waals surface area contributed by atoms with Gasteiger partial charge in [0.15, 0.2) is 0 Å². The van der Waals surface area contributed by atoms with E-state index < -0.39 is 5.82 Å². The molecule has 0 fully saturated rings. The van der Waals surface area contributed by atoms with Crippen LogP contribution in [-0.4, -0.2) is 4.98 Å². The van der Waals surface area contributed by atoms with Gasteiger partial charge in [0.25, 0.3) is 0 Å². The highest BCUT2D eigenvalue weighted by atomic mass is 35.5. The first-order chi connectivity index (χ1) is 11.0. The highest BCUT2D eigenvalue weighted by Gasteiger charge is 2.11. The summed E-state index contributed by atoms with van der Waals surface area (Å²) in [6.07, 6.45) is 1.45. The Morgan fingerprint density at radius 1 is 0.696 bits per heavy atom. The molecule has 0 aliphatic rings. The molecular weight excluding hydrogens is 379 g/mol. The van der Waals surface area contributed by atoms with Crippen LogP contribution < -0.4 is 0 Å². The van der Waals surface area contributed by atoms with Gasteiger partial charge in [0, 0.05) is 23.4 Å². The van der Waals surface area contributed by atoms with E-state index in [0.717, 1.165) is 0 Å². The molecule has 0 aliphatic heterocycles. The van der Waals surface area contributed by atoms with Crippen LogP contribution in [0.5, 0.6) is 0 Å². The average Bonchev–Trinajstić information content (AvgIpc) is 2.53. The second-order valence-corrected chi connectivity index (χ2v) is 6.44. The maximum atomic E-state index is 14.5. The summed E-state index contributed by atoms with van der Waals surface area (Å²) in [5.74, 6) is -0.417. The number of aromatic nitrogens is 1. The lowest BCUT2D eigenvalue weighted by atomic mass is 10.1. The highest BCUT2D eigenvalue weighted by molar-refractivity contribution is 6.42. The molecule has 23 heavy (non-hydrogen) atoms. The van der Waals surface area contributed by atoms with E-state index in [1.54, 1.807) is 36.4 Å². The van der Waals surface area contributed by atoms with Gasteiger partial charge < -0.3 is 0 Å². The molecule has 0 unspecified atom stereocenters. The Bertz CT molecular complexity index is 896. The summed E-state index contributed by atoms with van der Waals surface area (Å²) < 4.78 is 14.5. The maximum Gasteiger partial charge on any atom is 0.134 e. The quantitative estimate of drug-likeness (QED) is 0.454. The predicted octanol–water partition coefficient (Wildman–Crippen LogP) is 7.17. The van der Waals surface area contributed by atoms with Crippen molar-refractivity contribution in [3.8, 4) is 22.4 Å². The first-order valence-electron chi connectivity index (χ1n) is 6.52. The average molecular weight is 387 g/mol. The van der Waals surface area contributed by atoms with Gasteiger partial charge >= 0.3 is 0 Å². The van der Waals surface area contributed by atoms with Crippen LogP contribution >= 0.6 is 46.4 Å². The normalized spacial score (nSPS) is 10.8. The number of halogens is 5. The summed E-state index contributed by atoms with van der Waals surface area (Å²) in [5.41, 5.74) is 2.08. The van der Waals surface area contributed by atoms with E-state index in [1.807, 2.05) is 0 Å². The first kappa shape index (κ1) is 16.5. The number of rotatable bonds is 2. The fourth-order valence-corrected chi connectivity index (χ4v) is 2.72. The maximum absolute atomic E-state index is 14.5. The Morgan fingerprint density at radius 2 is 1.26 bits per heavy atom. The predicted molar refractivity (Wildman–Crippen MR) is 95.1 cm³/mol. The van der Waals surface area contributed by atoms with E-state index in [-0.39, 0.29) is 0 Å². The summed E-state index contributed by atoms with van der Waals surface area (Å²) in [4.78, 5) is 4.29. The Labute approximate surface area is 152 Å². The van der Waals surface area contributed by atoms with Crippen molar-refractivity contribution < 1.29 is 4.39 Å². The second-order valence-electron chi connectivity index (χ2n) is 4.81. The van der Waals surface area contributed by atoms with Crippen molar-refractivity contribution in [1.29, 1.82) is 0 Å². The van der Waals surface area contributed by atoms with Crippen molar-refractivity contribution in [1.82, 2.24) is 4.98 Å². The minimum absolute atomic E-state index is 0.340. The molecule has 0 aliphatic carbocycles. The lowest BCUT2D eigenvalue weighted by Crippen LogP contribution is -1.91. The van der Waals surface area contributed by atoms with Crippen LogP contribution in [0.1, 0.15) is 0 Å². The van der Waals surface area contributed by atoms with Crippen molar-refractivity contribution in [2.45, 2.75) is 0 Å². The van der Waals surface area contributed by atoms with Crippen molar-refractivity contribution in [3.63, 3.8) is 0 Å². The van der Waals surface area contributed by atoms with Gasteiger partial charge in [0.2, 0.25) is 0 Å². The second kappa shape index (κ2) is 6.66. The smallest absolute Gasteiger partial charge is 0.134 e. The molecule has 3 rings (SSSR count). The number of benzene rings is 2. The molecule has 0 saturated carbocycles. The molecule has 0 amide bonds.